The first kappa shape index (κ1) is 11.8. The summed E-state index contributed by atoms with van der Waals surface area (Å²) in [4.78, 5) is 0. The van der Waals surface area contributed by atoms with Crippen molar-refractivity contribution >= 4 is 22.6 Å². The van der Waals surface area contributed by atoms with Gasteiger partial charge in [0.05, 0.1) is 12.2 Å². The fourth-order valence-corrected chi connectivity index (χ4v) is 1.31. The van der Waals surface area contributed by atoms with Crippen molar-refractivity contribution in [1.29, 1.82) is 0 Å². The van der Waals surface area contributed by atoms with Crippen molar-refractivity contribution in [2.45, 2.75) is 25.9 Å². The quantitative estimate of drug-likeness (QED) is 0.867. The third-order valence-electron chi connectivity index (χ3n) is 1.80. The van der Waals surface area contributed by atoms with E-state index in [4.69, 9.17) is 4.74 Å². The van der Waals surface area contributed by atoms with Gasteiger partial charge in [-0.15, -0.1) is 0 Å². The summed E-state index contributed by atoms with van der Waals surface area (Å²) in [7, 11) is 0. The minimum absolute atomic E-state index is 0.546. The Kier molecular flexibility index (Phi) is 4.19. The Morgan fingerprint density at radius 3 is 2.36 bits per heavy atom. The van der Waals surface area contributed by atoms with E-state index in [1.807, 2.05) is 24.3 Å². The first-order valence-electron chi connectivity index (χ1n) is 4.58. The number of rotatable bonds is 4. The van der Waals surface area contributed by atoms with Crippen LogP contribution in [0.3, 0.4) is 0 Å². The van der Waals surface area contributed by atoms with Gasteiger partial charge in [-0.25, -0.2) is 0 Å². The number of hydrogen-bond acceptors (Lipinski definition) is 2. The summed E-state index contributed by atoms with van der Waals surface area (Å²) in [6.07, 6.45) is 0.638. The summed E-state index contributed by atoms with van der Waals surface area (Å²) in [5, 5.41) is 9.46. The van der Waals surface area contributed by atoms with Crippen LogP contribution in [-0.4, -0.2) is 17.3 Å². The second-order valence-corrected chi connectivity index (χ2v) is 5.11. The van der Waals surface area contributed by atoms with E-state index in [1.54, 1.807) is 13.8 Å². The van der Waals surface area contributed by atoms with Crippen molar-refractivity contribution in [2.75, 3.05) is 6.61 Å². The lowest BCUT2D eigenvalue weighted by atomic mass is 10.1. The predicted molar refractivity (Wildman–Crippen MR) is 65.6 cm³/mol. The molecule has 0 saturated carbocycles. The van der Waals surface area contributed by atoms with Gasteiger partial charge in [-0.3, -0.25) is 0 Å². The molecule has 0 aliphatic rings. The van der Waals surface area contributed by atoms with Crippen molar-refractivity contribution in [3.63, 3.8) is 0 Å². The predicted octanol–water partition coefficient (Wildman–Crippen LogP) is 2.83. The Bertz CT molecular complexity index is 274. The molecule has 0 aliphatic heterocycles. The maximum atomic E-state index is 9.46. The molecular weight excluding hydrogens is 291 g/mol. The van der Waals surface area contributed by atoms with Crippen molar-refractivity contribution in [3.05, 3.63) is 27.8 Å². The average Bonchev–Trinajstić information content (AvgIpc) is 2.06. The maximum Gasteiger partial charge on any atom is 0.119 e. The standard InChI is InChI=1S/C11H15IO2/c1-11(2,13)7-8-14-10-5-3-9(12)4-6-10/h3-6,13H,7-8H2,1-2H3. The van der Waals surface area contributed by atoms with E-state index >= 15 is 0 Å². The molecule has 0 spiro atoms. The minimum Gasteiger partial charge on any atom is -0.493 e. The van der Waals surface area contributed by atoms with E-state index in [1.165, 1.54) is 3.57 Å². The average molecular weight is 306 g/mol. The van der Waals surface area contributed by atoms with E-state index in [9.17, 15) is 5.11 Å². The van der Waals surface area contributed by atoms with Gasteiger partial charge >= 0.3 is 0 Å². The number of aliphatic hydroxyl groups is 1. The molecule has 0 unspecified atom stereocenters. The number of hydrogen-bond donors (Lipinski definition) is 1. The molecule has 2 nitrogen and oxygen atoms in total. The zero-order valence-corrected chi connectivity index (χ0v) is 10.6. The van der Waals surface area contributed by atoms with Crippen LogP contribution in [0.1, 0.15) is 20.3 Å². The van der Waals surface area contributed by atoms with E-state index in [0.29, 0.717) is 13.0 Å². The number of halogens is 1. The molecule has 1 N–H and O–H groups in total. The smallest absolute Gasteiger partial charge is 0.119 e. The van der Waals surface area contributed by atoms with Crippen LogP contribution in [0.4, 0.5) is 0 Å². The lowest BCUT2D eigenvalue weighted by Gasteiger charge is -2.16. The molecule has 0 radical (unpaired) electrons. The van der Waals surface area contributed by atoms with Crippen LogP contribution in [-0.2, 0) is 0 Å². The largest absolute Gasteiger partial charge is 0.493 e. The molecular formula is C11H15IO2. The monoisotopic (exact) mass is 306 g/mol. The Balaban J connectivity index is 2.35. The van der Waals surface area contributed by atoms with E-state index in [-0.39, 0.29) is 0 Å². The minimum atomic E-state index is -0.650. The van der Waals surface area contributed by atoms with Gasteiger partial charge in [-0.05, 0) is 60.7 Å². The van der Waals surface area contributed by atoms with Crippen molar-refractivity contribution in [1.82, 2.24) is 0 Å². The van der Waals surface area contributed by atoms with Gasteiger partial charge in [-0.2, -0.15) is 0 Å². The van der Waals surface area contributed by atoms with Gasteiger partial charge in [0.2, 0.25) is 0 Å². The van der Waals surface area contributed by atoms with Crippen molar-refractivity contribution in [3.8, 4) is 5.75 Å². The molecule has 1 rings (SSSR count). The van der Waals surface area contributed by atoms with Crippen LogP contribution >= 0.6 is 22.6 Å². The van der Waals surface area contributed by atoms with Gasteiger partial charge in [-0.1, -0.05) is 0 Å². The Morgan fingerprint density at radius 1 is 1.29 bits per heavy atom. The Hall–Kier alpha value is -0.290. The molecule has 1 aromatic rings. The Morgan fingerprint density at radius 2 is 1.86 bits per heavy atom. The molecule has 0 aliphatic carbocycles. The summed E-state index contributed by atoms with van der Waals surface area (Å²) in [6.45, 7) is 4.11. The highest BCUT2D eigenvalue weighted by Gasteiger charge is 2.11. The number of ether oxygens (including phenoxy) is 1. The molecule has 3 heteroatoms. The molecule has 0 amide bonds. The molecule has 1 aromatic carbocycles. The van der Waals surface area contributed by atoms with E-state index in [0.717, 1.165) is 5.75 Å². The molecule has 0 saturated heterocycles. The van der Waals surface area contributed by atoms with Gasteiger partial charge in [0.1, 0.15) is 5.75 Å². The first-order chi connectivity index (χ1) is 6.47. The van der Waals surface area contributed by atoms with Crippen LogP contribution in [0.5, 0.6) is 5.75 Å². The molecule has 0 bridgehead atoms. The third-order valence-corrected chi connectivity index (χ3v) is 2.52. The maximum absolute atomic E-state index is 9.46. The first-order valence-corrected chi connectivity index (χ1v) is 5.66. The van der Waals surface area contributed by atoms with E-state index < -0.39 is 5.60 Å². The normalized spacial score (nSPS) is 11.4. The van der Waals surface area contributed by atoms with E-state index in [2.05, 4.69) is 22.6 Å². The summed E-state index contributed by atoms with van der Waals surface area (Å²) >= 11 is 2.25. The van der Waals surface area contributed by atoms with Crippen molar-refractivity contribution in [2.24, 2.45) is 0 Å². The highest BCUT2D eigenvalue weighted by atomic mass is 127. The zero-order chi connectivity index (χ0) is 10.6. The van der Waals surface area contributed by atoms with Gasteiger partial charge in [0.25, 0.3) is 0 Å². The van der Waals surface area contributed by atoms with Crippen LogP contribution in [0.25, 0.3) is 0 Å². The summed E-state index contributed by atoms with van der Waals surface area (Å²) in [5.74, 6) is 0.856. The van der Waals surface area contributed by atoms with Crippen LogP contribution in [0.2, 0.25) is 0 Å². The van der Waals surface area contributed by atoms with Crippen LogP contribution in [0, 0.1) is 3.57 Å². The van der Waals surface area contributed by atoms with Gasteiger partial charge < -0.3 is 9.84 Å². The fourth-order valence-electron chi connectivity index (χ4n) is 0.949. The summed E-state index contributed by atoms with van der Waals surface area (Å²) in [5.41, 5.74) is -0.650. The second kappa shape index (κ2) is 4.98. The molecule has 78 valence electrons. The third kappa shape index (κ3) is 4.81. The fraction of sp³-hybridized carbons (Fsp3) is 0.455. The summed E-state index contributed by atoms with van der Waals surface area (Å²) < 4.78 is 6.67. The van der Waals surface area contributed by atoms with Crippen molar-refractivity contribution < 1.29 is 9.84 Å². The number of benzene rings is 1. The molecule has 0 fully saturated rings. The van der Waals surface area contributed by atoms with Gasteiger partial charge in [0, 0.05) is 9.99 Å². The second-order valence-electron chi connectivity index (χ2n) is 3.86. The Labute approximate surface area is 98.4 Å². The van der Waals surface area contributed by atoms with Crippen LogP contribution in [0.15, 0.2) is 24.3 Å². The summed E-state index contributed by atoms with van der Waals surface area (Å²) in [6, 6.07) is 7.87. The SMILES string of the molecule is CC(C)(O)CCOc1ccc(I)cc1. The highest BCUT2D eigenvalue weighted by molar-refractivity contribution is 14.1. The molecule has 0 atom stereocenters. The zero-order valence-electron chi connectivity index (χ0n) is 8.46. The topological polar surface area (TPSA) is 29.5 Å². The molecule has 0 heterocycles. The molecule has 0 aromatic heterocycles. The molecule has 14 heavy (non-hydrogen) atoms. The lowest BCUT2D eigenvalue weighted by Crippen LogP contribution is -2.21. The van der Waals surface area contributed by atoms with Gasteiger partial charge in [0.15, 0.2) is 0 Å². The highest BCUT2D eigenvalue weighted by Crippen LogP contribution is 2.15. The van der Waals surface area contributed by atoms with Crippen LogP contribution < -0.4 is 4.74 Å². The lowest BCUT2D eigenvalue weighted by molar-refractivity contribution is 0.0553.